The molecule has 2 aromatic rings. The summed E-state index contributed by atoms with van der Waals surface area (Å²) in [5.41, 5.74) is 2.37. The molecule has 17 heavy (non-hydrogen) atoms. The van der Waals surface area contributed by atoms with Gasteiger partial charge in [-0.3, -0.25) is 0 Å². The zero-order valence-electron chi connectivity index (χ0n) is 9.55. The van der Waals surface area contributed by atoms with E-state index in [1.807, 2.05) is 30.3 Å². The summed E-state index contributed by atoms with van der Waals surface area (Å²) in [5.74, 6) is 0.547. The largest absolute Gasteiger partial charge is 0.473 e. The Labute approximate surface area is 100 Å². The molecule has 2 rings (SSSR count). The van der Waals surface area contributed by atoms with E-state index in [2.05, 4.69) is 11.1 Å². The normalized spacial score (nSPS) is 9.65. The Morgan fingerprint density at radius 2 is 1.94 bits per heavy atom. The van der Waals surface area contributed by atoms with Crippen LogP contribution in [0.25, 0.3) is 0 Å². The van der Waals surface area contributed by atoms with Crippen LogP contribution in [-0.4, -0.2) is 4.98 Å². The van der Waals surface area contributed by atoms with Crippen molar-refractivity contribution >= 4 is 0 Å². The van der Waals surface area contributed by atoms with Crippen LogP contribution in [0.5, 0.6) is 5.88 Å². The van der Waals surface area contributed by atoms with Gasteiger partial charge < -0.3 is 4.74 Å². The van der Waals surface area contributed by atoms with Gasteiger partial charge in [-0.1, -0.05) is 30.3 Å². The standard InChI is InChI=1S/C14H12N2O/c1-11-13(9-15)7-8-14(16-11)17-10-12-5-3-2-4-6-12/h2-8H,10H2,1H3. The van der Waals surface area contributed by atoms with Crippen LogP contribution in [0.2, 0.25) is 0 Å². The second kappa shape index (κ2) is 5.13. The Balaban J connectivity index is 2.06. The average molecular weight is 224 g/mol. The fraction of sp³-hybridized carbons (Fsp3) is 0.143. The SMILES string of the molecule is Cc1nc(OCc2ccccc2)ccc1C#N. The fourth-order valence-corrected chi connectivity index (χ4v) is 1.47. The summed E-state index contributed by atoms with van der Waals surface area (Å²) < 4.78 is 5.55. The van der Waals surface area contributed by atoms with E-state index in [1.165, 1.54) is 0 Å². The van der Waals surface area contributed by atoms with E-state index in [-0.39, 0.29) is 0 Å². The first-order valence-electron chi connectivity index (χ1n) is 5.34. The van der Waals surface area contributed by atoms with Gasteiger partial charge in [-0.2, -0.15) is 5.26 Å². The Morgan fingerprint density at radius 1 is 1.18 bits per heavy atom. The number of benzene rings is 1. The summed E-state index contributed by atoms with van der Waals surface area (Å²) in [5, 5.41) is 8.79. The van der Waals surface area contributed by atoms with Crippen molar-refractivity contribution in [2.24, 2.45) is 0 Å². The Kier molecular flexibility index (Phi) is 3.37. The third-order valence-corrected chi connectivity index (χ3v) is 2.41. The van der Waals surface area contributed by atoms with Gasteiger partial charge in [0.1, 0.15) is 12.7 Å². The van der Waals surface area contributed by atoms with Crippen molar-refractivity contribution in [2.45, 2.75) is 13.5 Å². The molecule has 0 amide bonds. The van der Waals surface area contributed by atoms with Crippen molar-refractivity contribution in [1.29, 1.82) is 5.26 Å². The molecule has 0 N–H and O–H groups in total. The number of ether oxygens (including phenoxy) is 1. The number of rotatable bonds is 3. The highest BCUT2D eigenvalue weighted by molar-refractivity contribution is 5.34. The monoisotopic (exact) mass is 224 g/mol. The Hall–Kier alpha value is -2.34. The predicted molar refractivity (Wildman–Crippen MR) is 64.5 cm³/mol. The molecule has 3 heteroatoms. The lowest BCUT2D eigenvalue weighted by Crippen LogP contribution is -1.98. The van der Waals surface area contributed by atoms with Crippen molar-refractivity contribution in [3.8, 4) is 11.9 Å². The lowest BCUT2D eigenvalue weighted by atomic mass is 10.2. The van der Waals surface area contributed by atoms with Crippen molar-refractivity contribution in [3.63, 3.8) is 0 Å². The van der Waals surface area contributed by atoms with E-state index in [1.54, 1.807) is 19.1 Å². The minimum absolute atomic E-state index is 0.485. The molecule has 0 spiro atoms. The molecule has 0 aliphatic heterocycles. The molecule has 1 heterocycles. The molecule has 0 saturated carbocycles. The van der Waals surface area contributed by atoms with Crippen LogP contribution in [0.1, 0.15) is 16.8 Å². The first kappa shape index (κ1) is 11.2. The van der Waals surface area contributed by atoms with E-state index in [0.717, 1.165) is 5.56 Å². The maximum absolute atomic E-state index is 8.79. The van der Waals surface area contributed by atoms with Crippen LogP contribution in [0.3, 0.4) is 0 Å². The molecule has 0 bridgehead atoms. The molecule has 1 aromatic carbocycles. The van der Waals surface area contributed by atoms with E-state index in [4.69, 9.17) is 10.00 Å². The number of pyridine rings is 1. The summed E-state index contributed by atoms with van der Waals surface area (Å²) in [7, 11) is 0. The molecule has 0 fully saturated rings. The summed E-state index contributed by atoms with van der Waals surface area (Å²) in [6, 6.07) is 15.4. The minimum atomic E-state index is 0.485. The molecule has 0 unspecified atom stereocenters. The highest BCUT2D eigenvalue weighted by Crippen LogP contribution is 2.13. The highest BCUT2D eigenvalue weighted by atomic mass is 16.5. The van der Waals surface area contributed by atoms with E-state index < -0.39 is 0 Å². The molecular weight excluding hydrogens is 212 g/mol. The number of aromatic nitrogens is 1. The van der Waals surface area contributed by atoms with Crippen molar-refractivity contribution in [2.75, 3.05) is 0 Å². The van der Waals surface area contributed by atoms with Crippen molar-refractivity contribution in [3.05, 3.63) is 59.3 Å². The van der Waals surface area contributed by atoms with Gasteiger partial charge in [0.05, 0.1) is 11.3 Å². The van der Waals surface area contributed by atoms with Crippen LogP contribution in [0, 0.1) is 18.3 Å². The molecule has 1 aromatic heterocycles. The average Bonchev–Trinajstić information content (AvgIpc) is 2.38. The molecule has 3 nitrogen and oxygen atoms in total. The van der Waals surface area contributed by atoms with E-state index in [9.17, 15) is 0 Å². The number of nitrogens with zero attached hydrogens (tertiary/aromatic N) is 2. The first-order chi connectivity index (χ1) is 8.29. The van der Waals surface area contributed by atoms with E-state index >= 15 is 0 Å². The zero-order valence-corrected chi connectivity index (χ0v) is 9.55. The van der Waals surface area contributed by atoms with Gasteiger partial charge in [0.25, 0.3) is 0 Å². The fourth-order valence-electron chi connectivity index (χ4n) is 1.47. The molecule has 0 radical (unpaired) electrons. The number of nitriles is 1. The molecule has 0 atom stereocenters. The number of hydrogen-bond donors (Lipinski definition) is 0. The van der Waals surface area contributed by atoms with Crippen molar-refractivity contribution in [1.82, 2.24) is 4.98 Å². The Bertz CT molecular complexity index is 544. The summed E-state index contributed by atoms with van der Waals surface area (Å²) in [6.45, 7) is 2.28. The molecule has 0 aliphatic carbocycles. The summed E-state index contributed by atoms with van der Waals surface area (Å²) >= 11 is 0. The van der Waals surface area contributed by atoms with Crippen LogP contribution in [0.4, 0.5) is 0 Å². The topological polar surface area (TPSA) is 45.9 Å². The quantitative estimate of drug-likeness (QED) is 0.805. The lowest BCUT2D eigenvalue weighted by Gasteiger charge is -2.06. The van der Waals surface area contributed by atoms with Gasteiger partial charge in [-0.15, -0.1) is 0 Å². The summed E-state index contributed by atoms with van der Waals surface area (Å²) in [4.78, 5) is 4.21. The van der Waals surface area contributed by atoms with Crippen molar-refractivity contribution < 1.29 is 4.74 Å². The van der Waals surface area contributed by atoms with Gasteiger partial charge in [0.2, 0.25) is 5.88 Å². The van der Waals surface area contributed by atoms with Crippen LogP contribution in [-0.2, 0) is 6.61 Å². The van der Waals surface area contributed by atoms with Gasteiger partial charge in [-0.05, 0) is 18.6 Å². The maximum atomic E-state index is 8.79. The molecule has 0 saturated heterocycles. The predicted octanol–water partition coefficient (Wildman–Crippen LogP) is 2.84. The number of hydrogen-bond acceptors (Lipinski definition) is 3. The molecule has 84 valence electrons. The van der Waals surface area contributed by atoms with Crippen LogP contribution < -0.4 is 4.74 Å². The smallest absolute Gasteiger partial charge is 0.213 e. The maximum Gasteiger partial charge on any atom is 0.213 e. The van der Waals surface area contributed by atoms with Gasteiger partial charge >= 0.3 is 0 Å². The second-order valence-corrected chi connectivity index (χ2v) is 3.67. The number of aryl methyl sites for hydroxylation is 1. The van der Waals surface area contributed by atoms with E-state index in [0.29, 0.717) is 23.7 Å². The lowest BCUT2D eigenvalue weighted by molar-refractivity contribution is 0.293. The summed E-state index contributed by atoms with van der Waals surface area (Å²) in [6.07, 6.45) is 0. The van der Waals surface area contributed by atoms with Gasteiger partial charge in [-0.25, -0.2) is 4.98 Å². The van der Waals surface area contributed by atoms with Gasteiger partial charge in [0.15, 0.2) is 0 Å². The minimum Gasteiger partial charge on any atom is -0.473 e. The first-order valence-corrected chi connectivity index (χ1v) is 5.34. The Morgan fingerprint density at radius 3 is 2.59 bits per heavy atom. The third-order valence-electron chi connectivity index (χ3n) is 2.41. The zero-order chi connectivity index (χ0) is 12.1. The van der Waals surface area contributed by atoms with Crippen LogP contribution in [0.15, 0.2) is 42.5 Å². The van der Waals surface area contributed by atoms with Gasteiger partial charge in [0, 0.05) is 6.07 Å². The third kappa shape index (κ3) is 2.82. The molecule has 0 aliphatic rings. The van der Waals surface area contributed by atoms with Crippen LogP contribution >= 0.6 is 0 Å². The highest BCUT2D eigenvalue weighted by Gasteiger charge is 2.01. The molecular formula is C14H12N2O. The second-order valence-electron chi connectivity index (χ2n) is 3.67.